The monoisotopic (exact) mass is 282 g/mol. The zero-order valence-corrected chi connectivity index (χ0v) is 11.0. The molecule has 2 rings (SSSR count). The van der Waals surface area contributed by atoms with Gasteiger partial charge in [0.25, 0.3) is 0 Å². The van der Waals surface area contributed by atoms with Crippen molar-refractivity contribution in [3.05, 3.63) is 58.9 Å². The minimum atomic E-state index is -1.00. The minimum absolute atomic E-state index is 0.0865. The Kier molecular flexibility index (Phi) is 3.99. The zero-order chi connectivity index (χ0) is 14.9. The number of aliphatic hydroxyl groups is 1. The van der Waals surface area contributed by atoms with Gasteiger partial charge in [-0.25, -0.2) is 13.2 Å². The van der Waals surface area contributed by atoms with Crippen molar-refractivity contribution in [2.24, 2.45) is 0 Å². The van der Waals surface area contributed by atoms with E-state index in [9.17, 15) is 18.3 Å². The first-order valence-corrected chi connectivity index (χ1v) is 5.99. The molecule has 2 aromatic carbocycles. The highest BCUT2D eigenvalue weighted by Gasteiger charge is 2.15. The maximum absolute atomic E-state index is 13.5. The molecule has 0 aliphatic carbocycles. The number of benzene rings is 2. The van der Waals surface area contributed by atoms with Crippen LogP contribution in [0.5, 0.6) is 11.5 Å². The number of hydrogen-bond acceptors (Lipinski definition) is 2. The van der Waals surface area contributed by atoms with Crippen LogP contribution in [0.1, 0.15) is 24.2 Å². The van der Waals surface area contributed by atoms with Crippen LogP contribution in [0.4, 0.5) is 13.2 Å². The summed E-state index contributed by atoms with van der Waals surface area (Å²) in [5.74, 6) is -2.14. The average molecular weight is 282 g/mol. The largest absolute Gasteiger partial charge is 0.454 e. The normalized spacial score (nSPS) is 12.3. The molecule has 0 fully saturated rings. The Labute approximate surface area is 114 Å². The molecule has 0 heterocycles. The first-order valence-electron chi connectivity index (χ1n) is 5.99. The predicted molar refractivity (Wildman–Crippen MR) is 68.2 cm³/mol. The third-order valence-electron chi connectivity index (χ3n) is 2.85. The first kappa shape index (κ1) is 14.4. The molecule has 0 aromatic heterocycles. The van der Waals surface area contributed by atoms with E-state index in [0.717, 1.165) is 24.3 Å². The second kappa shape index (κ2) is 5.54. The zero-order valence-electron chi connectivity index (χ0n) is 11.0. The predicted octanol–water partition coefficient (Wildman–Crippen LogP) is 4.26. The Morgan fingerprint density at radius 1 is 1.00 bits per heavy atom. The van der Waals surface area contributed by atoms with Gasteiger partial charge in [0.05, 0.1) is 6.10 Å². The van der Waals surface area contributed by atoms with E-state index in [1.54, 1.807) is 0 Å². The molecule has 106 valence electrons. The number of rotatable bonds is 3. The van der Waals surface area contributed by atoms with Crippen molar-refractivity contribution in [2.45, 2.75) is 20.0 Å². The van der Waals surface area contributed by atoms with E-state index in [1.165, 1.54) is 19.9 Å². The molecular weight excluding hydrogens is 269 g/mol. The lowest BCUT2D eigenvalue weighted by atomic mass is 10.1. The van der Waals surface area contributed by atoms with Crippen LogP contribution in [0, 0.1) is 24.4 Å². The van der Waals surface area contributed by atoms with Crippen LogP contribution in [-0.2, 0) is 0 Å². The summed E-state index contributed by atoms with van der Waals surface area (Å²) in [4.78, 5) is 0. The van der Waals surface area contributed by atoms with Crippen molar-refractivity contribution in [2.75, 3.05) is 0 Å². The molecule has 0 radical (unpaired) electrons. The molecule has 2 aromatic rings. The van der Waals surface area contributed by atoms with Crippen molar-refractivity contribution in [1.29, 1.82) is 0 Å². The van der Waals surface area contributed by atoms with Gasteiger partial charge in [0.2, 0.25) is 0 Å². The van der Waals surface area contributed by atoms with Gasteiger partial charge in [-0.05, 0) is 43.7 Å². The van der Waals surface area contributed by atoms with Crippen molar-refractivity contribution in [3.63, 3.8) is 0 Å². The summed E-state index contributed by atoms with van der Waals surface area (Å²) in [5.41, 5.74) is 0.443. The van der Waals surface area contributed by atoms with Gasteiger partial charge in [-0.15, -0.1) is 0 Å². The summed E-state index contributed by atoms with van der Waals surface area (Å²) >= 11 is 0. The second-order valence-electron chi connectivity index (χ2n) is 4.49. The maximum Gasteiger partial charge on any atom is 0.165 e. The Morgan fingerprint density at radius 3 is 2.35 bits per heavy atom. The van der Waals surface area contributed by atoms with Crippen LogP contribution in [-0.4, -0.2) is 5.11 Å². The van der Waals surface area contributed by atoms with Crippen molar-refractivity contribution < 1.29 is 23.0 Å². The van der Waals surface area contributed by atoms with Crippen molar-refractivity contribution in [1.82, 2.24) is 0 Å². The SMILES string of the molecule is Cc1cc(Oc2cc(F)ccc2F)c(C(C)O)cc1F. The van der Waals surface area contributed by atoms with Gasteiger partial charge in [-0.3, -0.25) is 0 Å². The minimum Gasteiger partial charge on any atom is -0.454 e. The second-order valence-corrected chi connectivity index (χ2v) is 4.49. The first-order chi connectivity index (χ1) is 9.38. The molecule has 0 aliphatic heterocycles. The van der Waals surface area contributed by atoms with Crippen LogP contribution in [0.15, 0.2) is 30.3 Å². The van der Waals surface area contributed by atoms with E-state index in [-0.39, 0.29) is 22.6 Å². The molecule has 2 nitrogen and oxygen atoms in total. The van der Waals surface area contributed by atoms with E-state index in [2.05, 4.69) is 0 Å². The number of ether oxygens (including phenoxy) is 1. The molecule has 1 atom stereocenters. The van der Waals surface area contributed by atoms with Crippen molar-refractivity contribution >= 4 is 0 Å². The molecule has 0 amide bonds. The van der Waals surface area contributed by atoms with Crippen LogP contribution in [0.2, 0.25) is 0 Å². The lowest BCUT2D eigenvalue weighted by Crippen LogP contribution is -2.00. The molecule has 5 heteroatoms. The van der Waals surface area contributed by atoms with Crippen LogP contribution in [0.3, 0.4) is 0 Å². The van der Waals surface area contributed by atoms with Crippen LogP contribution < -0.4 is 4.74 Å². The molecule has 0 saturated carbocycles. The summed E-state index contributed by atoms with van der Waals surface area (Å²) in [7, 11) is 0. The third kappa shape index (κ3) is 2.93. The van der Waals surface area contributed by atoms with Gasteiger partial charge in [0.1, 0.15) is 17.4 Å². The van der Waals surface area contributed by atoms with E-state index >= 15 is 0 Å². The Bertz CT molecular complexity index is 639. The lowest BCUT2D eigenvalue weighted by Gasteiger charge is -2.15. The van der Waals surface area contributed by atoms with Crippen LogP contribution >= 0.6 is 0 Å². The van der Waals surface area contributed by atoms with Gasteiger partial charge in [0, 0.05) is 11.6 Å². The topological polar surface area (TPSA) is 29.5 Å². The van der Waals surface area contributed by atoms with Gasteiger partial charge in [-0.1, -0.05) is 0 Å². The quantitative estimate of drug-likeness (QED) is 0.911. The molecule has 1 N–H and O–H groups in total. The summed E-state index contributed by atoms with van der Waals surface area (Å²) in [6.07, 6.45) is -1.00. The molecule has 0 bridgehead atoms. The summed E-state index contributed by atoms with van der Waals surface area (Å²) < 4.78 is 45.4. The van der Waals surface area contributed by atoms with E-state index in [0.29, 0.717) is 0 Å². The average Bonchev–Trinajstić information content (AvgIpc) is 2.37. The smallest absolute Gasteiger partial charge is 0.165 e. The number of aliphatic hydroxyl groups excluding tert-OH is 1. The van der Waals surface area contributed by atoms with E-state index < -0.39 is 23.6 Å². The fourth-order valence-electron chi connectivity index (χ4n) is 1.76. The van der Waals surface area contributed by atoms with Gasteiger partial charge in [-0.2, -0.15) is 0 Å². The number of aryl methyl sites for hydroxylation is 1. The Balaban J connectivity index is 2.47. The molecule has 0 aliphatic rings. The highest BCUT2D eigenvalue weighted by molar-refractivity contribution is 5.42. The van der Waals surface area contributed by atoms with Crippen LogP contribution in [0.25, 0.3) is 0 Å². The Morgan fingerprint density at radius 2 is 1.70 bits per heavy atom. The highest BCUT2D eigenvalue weighted by Crippen LogP contribution is 2.33. The third-order valence-corrected chi connectivity index (χ3v) is 2.85. The van der Waals surface area contributed by atoms with Gasteiger partial charge in [0.15, 0.2) is 11.6 Å². The highest BCUT2D eigenvalue weighted by atomic mass is 19.1. The maximum atomic E-state index is 13.5. The summed E-state index contributed by atoms with van der Waals surface area (Å²) in [5, 5.41) is 9.61. The van der Waals surface area contributed by atoms with Crippen molar-refractivity contribution in [3.8, 4) is 11.5 Å². The van der Waals surface area contributed by atoms with E-state index in [4.69, 9.17) is 4.74 Å². The van der Waals surface area contributed by atoms with E-state index in [1.807, 2.05) is 0 Å². The molecular formula is C15H13F3O2. The molecule has 0 spiro atoms. The number of hydrogen-bond donors (Lipinski definition) is 1. The summed E-state index contributed by atoms with van der Waals surface area (Å²) in [6, 6.07) is 5.24. The fraction of sp³-hybridized carbons (Fsp3) is 0.200. The molecule has 0 saturated heterocycles. The lowest BCUT2D eigenvalue weighted by molar-refractivity contribution is 0.194. The molecule has 1 unspecified atom stereocenters. The molecule has 20 heavy (non-hydrogen) atoms. The fourth-order valence-corrected chi connectivity index (χ4v) is 1.76. The summed E-state index contributed by atoms with van der Waals surface area (Å²) in [6.45, 7) is 2.94. The number of halogens is 3. The standard InChI is InChI=1S/C15H13F3O2/c1-8-5-14(11(9(2)19)7-13(8)18)20-15-6-10(16)3-4-12(15)17/h3-7,9,19H,1-2H3. The van der Waals surface area contributed by atoms with Gasteiger partial charge >= 0.3 is 0 Å². The Hall–Kier alpha value is -2.01. The van der Waals surface area contributed by atoms with Gasteiger partial charge < -0.3 is 9.84 Å².